The smallest absolute Gasteiger partial charge is 0.228 e. The summed E-state index contributed by atoms with van der Waals surface area (Å²) in [6, 6.07) is 18.7. The number of aromatic nitrogens is 2. The third-order valence-corrected chi connectivity index (χ3v) is 7.19. The second-order valence-electron chi connectivity index (χ2n) is 8.15. The van der Waals surface area contributed by atoms with Crippen LogP contribution in [0.5, 0.6) is 5.75 Å². The predicted molar refractivity (Wildman–Crippen MR) is 124 cm³/mol. The number of benzene rings is 2. The van der Waals surface area contributed by atoms with E-state index in [0.29, 0.717) is 18.4 Å². The summed E-state index contributed by atoms with van der Waals surface area (Å²) in [5.41, 5.74) is 4.32. The van der Waals surface area contributed by atoms with Gasteiger partial charge in [-0.15, -0.1) is 11.3 Å². The molecule has 0 bridgehead atoms. The number of imidazole rings is 1. The lowest BCUT2D eigenvalue weighted by atomic mass is 9.75. The number of fused-ring (bicyclic) bond motifs is 1. The Balaban J connectivity index is 1.24. The summed E-state index contributed by atoms with van der Waals surface area (Å²) in [5, 5.41) is 2.04. The Morgan fingerprint density at radius 2 is 2.00 bits per heavy atom. The summed E-state index contributed by atoms with van der Waals surface area (Å²) in [6.45, 7) is 0. The van der Waals surface area contributed by atoms with Gasteiger partial charge < -0.3 is 9.64 Å². The fraction of sp³-hybridized carbons (Fsp3) is 0.280. The van der Waals surface area contributed by atoms with E-state index in [0.717, 1.165) is 40.5 Å². The first kappa shape index (κ1) is 19.8. The Bertz CT molecular complexity index is 1210. The first-order chi connectivity index (χ1) is 15.1. The van der Waals surface area contributed by atoms with Crippen LogP contribution in [0.15, 0.2) is 66.2 Å². The zero-order valence-electron chi connectivity index (χ0n) is 17.7. The van der Waals surface area contributed by atoms with Crippen molar-refractivity contribution in [2.45, 2.75) is 31.2 Å². The van der Waals surface area contributed by atoms with E-state index >= 15 is 0 Å². The number of ether oxygens (including phenoxy) is 1. The Labute approximate surface area is 185 Å². The fourth-order valence-electron chi connectivity index (χ4n) is 4.26. The minimum absolute atomic E-state index is 0.156. The van der Waals surface area contributed by atoms with Crippen molar-refractivity contribution in [2.24, 2.45) is 0 Å². The van der Waals surface area contributed by atoms with Gasteiger partial charge in [0, 0.05) is 35.9 Å². The molecule has 0 unspecified atom stereocenters. The molecule has 4 aromatic rings. The van der Waals surface area contributed by atoms with Crippen LogP contribution >= 0.6 is 11.3 Å². The fourth-order valence-corrected chi connectivity index (χ4v) is 5.13. The van der Waals surface area contributed by atoms with Gasteiger partial charge in [0.05, 0.1) is 19.2 Å². The van der Waals surface area contributed by atoms with Crippen molar-refractivity contribution in [1.82, 2.24) is 14.3 Å². The number of amides is 1. The Kier molecular flexibility index (Phi) is 5.24. The van der Waals surface area contributed by atoms with Gasteiger partial charge in [-0.25, -0.2) is 4.98 Å². The van der Waals surface area contributed by atoms with Crippen LogP contribution in [-0.4, -0.2) is 40.4 Å². The number of carbonyl (C=O) groups is 1. The average Bonchev–Trinajstić information content (AvgIpc) is 3.35. The van der Waals surface area contributed by atoms with Crippen LogP contribution in [0.4, 0.5) is 0 Å². The van der Waals surface area contributed by atoms with Gasteiger partial charge in [-0.2, -0.15) is 0 Å². The first-order valence-corrected chi connectivity index (χ1v) is 11.4. The largest absolute Gasteiger partial charge is 0.497 e. The molecule has 0 spiro atoms. The standard InChI is InChI=1S/C25H25N3O2S/c1-27(20-11-19(12-20)18-9-6-10-22(13-18)30-2)24(29)14-21-16-31-25-26-23(15-28(21)25)17-7-4-3-5-8-17/h3-10,13,15-16,19-20H,11-12,14H2,1-2H3. The highest BCUT2D eigenvalue weighted by molar-refractivity contribution is 7.15. The van der Waals surface area contributed by atoms with E-state index in [1.807, 2.05) is 53.9 Å². The second-order valence-corrected chi connectivity index (χ2v) is 8.99. The summed E-state index contributed by atoms with van der Waals surface area (Å²) in [7, 11) is 3.63. The number of likely N-dealkylation sites (N-methyl/N-ethyl adjacent to an activating group) is 1. The van der Waals surface area contributed by atoms with E-state index in [9.17, 15) is 4.79 Å². The van der Waals surface area contributed by atoms with E-state index in [2.05, 4.69) is 28.7 Å². The highest BCUT2D eigenvalue weighted by atomic mass is 32.1. The molecular weight excluding hydrogens is 406 g/mol. The first-order valence-electron chi connectivity index (χ1n) is 10.5. The van der Waals surface area contributed by atoms with Gasteiger partial charge in [0.1, 0.15) is 5.75 Å². The van der Waals surface area contributed by atoms with Gasteiger partial charge >= 0.3 is 0 Å². The lowest BCUT2D eigenvalue weighted by Crippen LogP contribution is -2.45. The second kappa shape index (κ2) is 8.19. The molecule has 2 aromatic carbocycles. The molecule has 5 rings (SSSR count). The molecule has 1 fully saturated rings. The molecule has 0 radical (unpaired) electrons. The van der Waals surface area contributed by atoms with E-state index in [-0.39, 0.29) is 5.91 Å². The highest BCUT2D eigenvalue weighted by Gasteiger charge is 2.35. The van der Waals surface area contributed by atoms with Crippen LogP contribution in [0.2, 0.25) is 0 Å². The Morgan fingerprint density at radius 1 is 1.19 bits per heavy atom. The number of methoxy groups -OCH3 is 1. The minimum atomic E-state index is 0.156. The average molecular weight is 432 g/mol. The topological polar surface area (TPSA) is 46.8 Å². The van der Waals surface area contributed by atoms with Crippen LogP contribution in [0.25, 0.3) is 16.2 Å². The number of hydrogen-bond acceptors (Lipinski definition) is 4. The van der Waals surface area contributed by atoms with Crippen LogP contribution < -0.4 is 4.74 Å². The van der Waals surface area contributed by atoms with Crippen molar-refractivity contribution in [1.29, 1.82) is 0 Å². The van der Waals surface area contributed by atoms with E-state index in [4.69, 9.17) is 9.72 Å². The number of rotatable bonds is 6. The van der Waals surface area contributed by atoms with Crippen LogP contribution in [0, 0.1) is 0 Å². The third-order valence-electron chi connectivity index (χ3n) is 6.30. The van der Waals surface area contributed by atoms with Crippen molar-refractivity contribution >= 4 is 22.2 Å². The Morgan fingerprint density at radius 3 is 2.77 bits per heavy atom. The molecule has 2 heterocycles. The van der Waals surface area contributed by atoms with Gasteiger partial charge in [-0.1, -0.05) is 42.5 Å². The van der Waals surface area contributed by atoms with Crippen LogP contribution in [0.1, 0.15) is 30.0 Å². The van der Waals surface area contributed by atoms with Crippen LogP contribution in [-0.2, 0) is 11.2 Å². The zero-order valence-corrected chi connectivity index (χ0v) is 18.5. The van der Waals surface area contributed by atoms with Gasteiger partial charge in [-0.3, -0.25) is 9.20 Å². The number of thiazole rings is 1. The maximum atomic E-state index is 13.0. The molecule has 0 aliphatic heterocycles. The number of hydrogen-bond donors (Lipinski definition) is 0. The maximum Gasteiger partial charge on any atom is 0.228 e. The summed E-state index contributed by atoms with van der Waals surface area (Å²) < 4.78 is 7.39. The summed E-state index contributed by atoms with van der Waals surface area (Å²) in [5.74, 6) is 1.54. The van der Waals surface area contributed by atoms with Crippen molar-refractivity contribution in [2.75, 3.05) is 14.2 Å². The molecule has 1 aliphatic rings. The predicted octanol–water partition coefficient (Wildman–Crippen LogP) is 5.02. The molecule has 158 valence electrons. The van der Waals surface area contributed by atoms with Crippen LogP contribution in [0.3, 0.4) is 0 Å². The van der Waals surface area contributed by atoms with Gasteiger partial charge in [0.15, 0.2) is 4.96 Å². The molecule has 2 aromatic heterocycles. The van der Waals surface area contributed by atoms with E-state index in [1.165, 1.54) is 5.56 Å². The molecule has 0 N–H and O–H groups in total. The maximum absolute atomic E-state index is 13.0. The number of carbonyl (C=O) groups excluding carboxylic acids is 1. The Hall–Kier alpha value is -3.12. The molecule has 1 amide bonds. The minimum Gasteiger partial charge on any atom is -0.497 e. The molecular formula is C25H25N3O2S. The monoisotopic (exact) mass is 431 g/mol. The molecule has 0 atom stereocenters. The summed E-state index contributed by atoms with van der Waals surface area (Å²) in [4.78, 5) is 20.6. The van der Waals surface area contributed by atoms with E-state index in [1.54, 1.807) is 18.4 Å². The molecule has 0 saturated heterocycles. The van der Waals surface area contributed by atoms with Gasteiger partial charge in [0.25, 0.3) is 0 Å². The lowest BCUT2D eigenvalue weighted by molar-refractivity contribution is -0.133. The lowest BCUT2D eigenvalue weighted by Gasteiger charge is -2.41. The molecule has 1 saturated carbocycles. The summed E-state index contributed by atoms with van der Waals surface area (Å²) >= 11 is 1.58. The molecule has 6 heteroatoms. The quantitative estimate of drug-likeness (QED) is 0.431. The normalized spacial score (nSPS) is 18.0. The molecule has 5 nitrogen and oxygen atoms in total. The van der Waals surface area contributed by atoms with Crippen molar-refractivity contribution < 1.29 is 9.53 Å². The molecule has 1 aliphatic carbocycles. The van der Waals surface area contributed by atoms with Crippen molar-refractivity contribution in [3.05, 3.63) is 77.4 Å². The van der Waals surface area contributed by atoms with Crippen molar-refractivity contribution in [3.8, 4) is 17.0 Å². The van der Waals surface area contributed by atoms with E-state index < -0.39 is 0 Å². The van der Waals surface area contributed by atoms with Crippen molar-refractivity contribution in [3.63, 3.8) is 0 Å². The SMILES string of the molecule is COc1cccc(C2CC(N(C)C(=O)Cc3csc4nc(-c5ccccc5)cn34)C2)c1. The third kappa shape index (κ3) is 3.83. The number of nitrogens with zero attached hydrogens (tertiary/aromatic N) is 3. The highest BCUT2D eigenvalue weighted by Crippen LogP contribution is 2.40. The zero-order chi connectivity index (χ0) is 21.4. The summed E-state index contributed by atoms with van der Waals surface area (Å²) in [6.07, 6.45) is 4.42. The van der Waals surface area contributed by atoms with Gasteiger partial charge in [0.2, 0.25) is 5.91 Å². The van der Waals surface area contributed by atoms with Gasteiger partial charge in [-0.05, 0) is 36.5 Å². The molecule has 31 heavy (non-hydrogen) atoms.